The largest absolute Gasteiger partial charge is 0.468 e. The van der Waals surface area contributed by atoms with E-state index in [1.165, 1.54) is 7.05 Å². The zero-order valence-corrected chi connectivity index (χ0v) is 37.5. The lowest BCUT2D eigenvalue weighted by atomic mass is 10.4. The average molecular weight is 914 g/mol. The Morgan fingerprint density at radius 2 is 0.903 bits per heavy atom. The maximum atomic E-state index is 10.8. The highest BCUT2D eigenvalue weighted by molar-refractivity contribution is 5.83. The van der Waals surface area contributed by atoms with Gasteiger partial charge in [-0.25, -0.2) is 0 Å². The van der Waals surface area contributed by atoms with E-state index in [4.69, 9.17) is 11.0 Å². The van der Waals surface area contributed by atoms with Crippen LogP contribution in [0.4, 0.5) is 0 Å². The van der Waals surface area contributed by atoms with Crippen LogP contribution in [0, 0.1) is 0 Å². The molecule has 0 saturated heterocycles. The van der Waals surface area contributed by atoms with E-state index < -0.39 is 37.9 Å². The lowest BCUT2D eigenvalue weighted by molar-refractivity contribution is -0.129. The highest BCUT2D eigenvalue weighted by atomic mass is 16.5. The van der Waals surface area contributed by atoms with E-state index >= 15 is 0 Å². The molecule has 0 aromatic rings. The van der Waals surface area contributed by atoms with Gasteiger partial charge in [-0.2, -0.15) is 0 Å². The summed E-state index contributed by atoms with van der Waals surface area (Å²) in [7, 11) is 1.40. The molecule has 24 heteroatoms. The molecule has 0 aliphatic rings. The lowest BCUT2D eigenvalue weighted by Crippen LogP contribution is -2.36. The van der Waals surface area contributed by atoms with Gasteiger partial charge in [-0.1, -0.05) is 48.5 Å². The third kappa shape index (κ3) is 111. The quantitative estimate of drug-likeness (QED) is 0.0492. The van der Waals surface area contributed by atoms with Crippen LogP contribution in [-0.4, -0.2) is 140 Å². The first kappa shape index (κ1) is 53.7. The molecule has 364 valence electrons. The Balaban J connectivity index is -0.000000106. The molecule has 0 bridgehead atoms. The van der Waals surface area contributed by atoms with Gasteiger partial charge >= 0.3 is 0 Å². The van der Waals surface area contributed by atoms with Crippen LogP contribution in [0.5, 0.6) is 0 Å². The molecule has 11 amide bonds. The maximum Gasteiger partial charge on any atom is 0.293 e. The fraction of sp³-hybridized carbons (Fsp3) is 0.684. The predicted octanol–water partition coefficient (Wildman–Crippen LogP) is -2.05. The van der Waals surface area contributed by atoms with Crippen molar-refractivity contribution in [2.24, 2.45) is 0 Å². The summed E-state index contributed by atoms with van der Waals surface area (Å²) < 4.78 is 55.4. The summed E-state index contributed by atoms with van der Waals surface area (Å²) in [6.07, 6.45) is 0.284. The highest BCUT2D eigenvalue weighted by Gasteiger charge is 1.99. The van der Waals surface area contributed by atoms with Crippen molar-refractivity contribution in [1.29, 1.82) is 0 Å². The Kier molecular flexibility index (Phi) is 62.5. The second-order valence-electron chi connectivity index (χ2n) is 10.3. The maximum absolute atomic E-state index is 10.8. The van der Waals surface area contributed by atoms with Crippen LogP contribution in [0.15, 0.2) is 0 Å². The number of hydrogen-bond acceptors (Lipinski definition) is 13. The molecule has 0 unspecified atom stereocenters. The van der Waals surface area contributed by atoms with E-state index in [1.54, 1.807) is 20.8 Å². The molecular weight excluding hydrogens is 818 g/mol. The molecule has 0 aromatic carbocycles. The van der Waals surface area contributed by atoms with Gasteiger partial charge in [0, 0.05) is 70.9 Å². The molecule has 0 radical (unpaired) electrons. The van der Waals surface area contributed by atoms with Crippen molar-refractivity contribution in [3.63, 3.8) is 0 Å². The second kappa shape index (κ2) is 72.3. The zero-order chi connectivity index (χ0) is 56.1. The van der Waals surface area contributed by atoms with Gasteiger partial charge in [0.25, 0.3) is 6.45 Å². The van der Waals surface area contributed by atoms with Crippen molar-refractivity contribution in [3.05, 3.63) is 0 Å². The molecule has 0 aliphatic heterocycles. The molecule has 24 nitrogen and oxygen atoms in total. The molecule has 62 heavy (non-hydrogen) atoms. The van der Waals surface area contributed by atoms with Crippen molar-refractivity contribution in [2.75, 3.05) is 66.7 Å². The molecule has 0 spiro atoms. The first-order chi connectivity index (χ1) is 32.8. The van der Waals surface area contributed by atoms with E-state index in [2.05, 4.69) is 63.2 Å². The van der Waals surface area contributed by atoms with Crippen LogP contribution < -0.4 is 58.5 Å². The Morgan fingerprint density at radius 3 is 1.19 bits per heavy atom. The SMILES string of the molecule is [3H]C(=O)NC.[3H]C(=O)NCC(=O)NCCC.[3H]C(=O)NCNC(=O)CC.[3H]C(=O)NCNC(=O)CC.[3H]C(=O)OCCC.[3H]CC(=O)NCC(=O)NCCC.[3H]CC(=O)NCCC.[3H]CNC(=O)CC. The minimum absolute atomic E-state index is 0.00727. The van der Waals surface area contributed by atoms with Crippen LogP contribution in [0.1, 0.15) is 118 Å². The first-order valence-corrected chi connectivity index (χ1v) is 19.2. The fourth-order valence-corrected chi connectivity index (χ4v) is 2.09. The summed E-state index contributed by atoms with van der Waals surface area (Å²) in [5.74, 6) is -1.43. The Bertz CT molecular complexity index is 1400. The summed E-state index contributed by atoms with van der Waals surface area (Å²) in [5, 5.41) is 25.4. The third-order valence-electron chi connectivity index (χ3n) is 5.00. The number of carbonyl (C=O) groups is 12. The summed E-state index contributed by atoms with van der Waals surface area (Å²) >= 11 is 0. The summed E-state index contributed by atoms with van der Waals surface area (Å²) in [5.41, 5.74) is 0. The molecule has 0 fully saturated rings. The van der Waals surface area contributed by atoms with Gasteiger partial charge in [-0.15, -0.1) is 0 Å². The van der Waals surface area contributed by atoms with Crippen LogP contribution in [-0.2, 0) is 62.3 Å². The van der Waals surface area contributed by atoms with Crippen molar-refractivity contribution < 1.29 is 73.2 Å². The summed E-state index contributed by atoms with van der Waals surface area (Å²) in [6, 6.07) is 0. The Morgan fingerprint density at radius 1 is 0.500 bits per heavy atom. The number of amides is 11. The van der Waals surface area contributed by atoms with Gasteiger partial charge in [-0.05, 0) is 25.7 Å². The molecule has 0 atom stereocenters. The molecule has 0 heterocycles. The highest BCUT2D eigenvalue weighted by Crippen LogP contribution is 1.74. The Hall–Kier alpha value is -6.36. The standard InChI is InChI=1S/C7H14N2O2.C6H12N2O2.2C5H10N2O2.C5H11NO.C4H9NO.C4H8O2.C2H5NO/c1-3-4-8-7(11)5-9-6(2)10;1-2-3-8-6(10)4-7-5-9;2*1-2-5(9)7-3-6-4-8;1-3-4-6-5(2)7;1-3-4(6)5-2;1-2-3-6-4-5;1-3-2-4/h3-5H2,1-2H3,(H,8,11)(H,9,10);5H,2-4H2,1H3,(H,7,9)(H,8,10);2*4H,2-3H2,1H3,(H,6,8)(H,7,9);3-4H2,1-2H3,(H,6,7);3H2,1-2H3,(H,5,6);4H,2-3H2,1H3;2H,1H3,(H,3,4)/i2T;5T;2*4T;2*2T;4T;2T. The van der Waals surface area contributed by atoms with E-state index in [9.17, 15) is 57.5 Å². The average Bonchev–Trinajstić information content (AvgIpc) is 3.33. The minimum atomic E-state index is -0.943. The van der Waals surface area contributed by atoms with Crippen LogP contribution >= 0.6 is 0 Å². The van der Waals surface area contributed by atoms with Gasteiger partial charge in [0.2, 0.25) is 66.9 Å². The number of carbonyl (C=O) groups excluding carboxylic acids is 12. The fourth-order valence-electron chi connectivity index (χ4n) is 2.09. The van der Waals surface area contributed by atoms with Crippen molar-refractivity contribution in [3.8, 4) is 0 Å². The molecule has 0 aromatic heterocycles. The van der Waals surface area contributed by atoms with Crippen LogP contribution in [0.3, 0.4) is 0 Å². The lowest BCUT2D eigenvalue weighted by Gasteiger charge is -2.02. The van der Waals surface area contributed by atoms with E-state index in [1.807, 2.05) is 27.7 Å². The van der Waals surface area contributed by atoms with Crippen molar-refractivity contribution in [2.45, 2.75) is 107 Å². The Labute approximate surface area is 379 Å². The number of ether oxygens (including phenoxy) is 1. The number of rotatable bonds is 19. The predicted molar refractivity (Wildman–Crippen MR) is 235 cm³/mol. The first-order valence-electron chi connectivity index (χ1n) is 23.8. The van der Waals surface area contributed by atoms with Crippen molar-refractivity contribution >= 4 is 73.3 Å². The molecule has 0 aliphatic carbocycles. The van der Waals surface area contributed by atoms with Gasteiger partial charge < -0.3 is 63.2 Å². The third-order valence-corrected chi connectivity index (χ3v) is 5.00. The summed E-state index contributed by atoms with van der Waals surface area (Å²) in [6.45, 7) is 14.6. The topological polar surface area (TPSA) is 346 Å². The zero-order valence-electron chi connectivity index (χ0n) is 45.5. The number of nitrogens with one attached hydrogen (secondary N) is 11. The second-order valence-corrected chi connectivity index (χ2v) is 10.3. The van der Waals surface area contributed by atoms with Crippen molar-refractivity contribution in [1.82, 2.24) is 58.5 Å². The summed E-state index contributed by atoms with van der Waals surface area (Å²) in [4.78, 5) is 122. The monoisotopic (exact) mass is 914 g/mol. The van der Waals surface area contributed by atoms with Gasteiger partial charge in [0.15, 0.2) is 1.37 Å². The van der Waals surface area contributed by atoms with Gasteiger partial charge in [-0.3, -0.25) is 57.5 Å². The smallest absolute Gasteiger partial charge is 0.293 e. The minimum Gasteiger partial charge on any atom is -0.468 e. The van der Waals surface area contributed by atoms with Gasteiger partial charge in [0.05, 0.1) is 33.0 Å². The van der Waals surface area contributed by atoms with Crippen LogP contribution in [0.25, 0.3) is 0 Å². The number of hydrogen-bond donors (Lipinski definition) is 11. The van der Waals surface area contributed by atoms with E-state index in [0.29, 0.717) is 45.5 Å². The van der Waals surface area contributed by atoms with E-state index in [-0.39, 0.29) is 82.7 Å². The molecule has 0 saturated carbocycles. The van der Waals surface area contributed by atoms with Gasteiger partial charge in [0.1, 0.15) is 5.48 Å². The molecule has 11 N–H and O–H groups in total. The normalized spacial score (nSPS) is 9.81. The van der Waals surface area contributed by atoms with Crippen LogP contribution in [0.2, 0.25) is 0 Å². The molecule has 0 rings (SSSR count). The van der Waals surface area contributed by atoms with E-state index in [0.717, 1.165) is 25.7 Å². The molecular formula is C38H79N11O13.